The van der Waals surface area contributed by atoms with Crippen molar-refractivity contribution >= 4 is 27.3 Å². The minimum atomic E-state index is -3.48. The number of morpholine rings is 1. The fraction of sp³-hybridized carbons (Fsp3) is 0.750. The van der Waals surface area contributed by atoms with Crippen molar-refractivity contribution in [3.8, 4) is 5.75 Å². The van der Waals surface area contributed by atoms with E-state index in [-0.39, 0.29) is 11.3 Å². The van der Waals surface area contributed by atoms with Crippen LogP contribution in [0.15, 0.2) is 0 Å². The first kappa shape index (κ1) is 18.2. The highest BCUT2D eigenvalue weighted by atomic mass is 35.5. The van der Waals surface area contributed by atoms with Crippen molar-refractivity contribution in [1.29, 1.82) is 0 Å². The Morgan fingerprint density at radius 1 is 1.15 bits per heavy atom. The molecule has 10 heteroatoms. The summed E-state index contributed by atoms with van der Waals surface area (Å²) in [5, 5.41) is 0.0315. The highest BCUT2D eigenvalue weighted by Crippen LogP contribution is 2.47. The third kappa shape index (κ3) is 2.94. The Bertz CT molecular complexity index is 797. The van der Waals surface area contributed by atoms with Gasteiger partial charge in [0.2, 0.25) is 5.28 Å². The molecule has 144 valence electrons. The summed E-state index contributed by atoms with van der Waals surface area (Å²) in [6, 6.07) is 0.132. The minimum Gasteiger partial charge on any atom is -0.488 e. The zero-order valence-corrected chi connectivity index (χ0v) is 16.2. The van der Waals surface area contributed by atoms with Gasteiger partial charge in [-0.1, -0.05) is 0 Å². The summed E-state index contributed by atoms with van der Waals surface area (Å²) in [6.07, 6.45) is 2.65. The molecule has 0 spiro atoms. The Balaban J connectivity index is 1.91. The van der Waals surface area contributed by atoms with Gasteiger partial charge >= 0.3 is 0 Å². The van der Waals surface area contributed by atoms with Gasteiger partial charge in [0.15, 0.2) is 21.4 Å². The van der Waals surface area contributed by atoms with Crippen LogP contribution >= 0.6 is 11.6 Å². The molecule has 0 unspecified atom stereocenters. The van der Waals surface area contributed by atoms with Gasteiger partial charge in [-0.25, -0.2) is 13.4 Å². The molecule has 0 amide bonds. The third-order valence-electron chi connectivity index (χ3n) is 5.46. The van der Waals surface area contributed by atoms with Gasteiger partial charge in [-0.2, -0.15) is 4.98 Å². The third-order valence-corrected chi connectivity index (χ3v) is 7.65. The summed E-state index contributed by atoms with van der Waals surface area (Å²) in [6.45, 7) is 2.98. The van der Waals surface area contributed by atoms with Gasteiger partial charge in [0.25, 0.3) is 0 Å². The lowest BCUT2D eigenvalue weighted by atomic mass is 9.94. The molecule has 3 aliphatic heterocycles. The van der Waals surface area contributed by atoms with Crippen LogP contribution in [0.5, 0.6) is 5.75 Å². The molecular weight excluding hydrogens is 382 g/mol. The van der Waals surface area contributed by atoms with Gasteiger partial charge in [0, 0.05) is 32.4 Å². The number of hydrogen-bond acceptors (Lipinski definition) is 8. The number of rotatable bonds is 2. The minimum absolute atomic E-state index is 0.0315. The SMILES string of the molecule is CS(=O)(=O)C1(c2nc(Cl)nc3c2OCC[C@@H]2COCCN32)CCOCC1. The predicted octanol–water partition coefficient (Wildman–Crippen LogP) is 1.17. The molecular formula is C16H22ClN3O5S. The van der Waals surface area contributed by atoms with Gasteiger partial charge in [-0.15, -0.1) is 0 Å². The molecule has 2 fully saturated rings. The van der Waals surface area contributed by atoms with Crippen molar-refractivity contribution < 1.29 is 22.6 Å². The molecule has 0 bridgehead atoms. The first-order valence-corrected chi connectivity index (χ1v) is 11.0. The molecule has 2 saturated heterocycles. The molecule has 8 nitrogen and oxygen atoms in total. The first-order valence-electron chi connectivity index (χ1n) is 8.75. The van der Waals surface area contributed by atoms with Crippen molar-refractivity contribution in [3.63, 3.8) is 0 Å². The standard InChI is InChI=1S/C16H22ClN3O5S/c1-26(21,22)16(3-7-23-8-4-16)13-12-14(19-15(17)18-13)20-5-9-24-10-11(20)2-6-25-12/h11H,2-10H2,1H3/t11-/m1/s1. The van der Waals surface area contributed by atoms with Crippen LogP contribution in [0.2, 0.25) is 5.28 Å². The monoisotopic (exact) mass is 403 g/mol. The van der Waals surface area contributed by atoms with Crippen LogP contribution in [-0.4, -0.2) is 70.3 Å². The van der Waals surface area contributed by atoms with E-state index in [1.54, 1.807) is 0 Å². The van der Waals surface area contributed by atoms with Gasteiger partial charge < -0.3 is 19.1 Å². The number of fused-ring (bicyclic) bond motifs is 3. The second-order valence-corrected chi connectivity index (χ2v) is 9.60. The molecule has 4 heterocycles. The van der Waals surface area contributed by atoms with Crippen LogP contribution in [-0.2, 0) is 24.1 Å². The maximum absolute atomic E-state index is 12.8. The first-order chi connectivity index (χ1) is 12.4. The van der Waals surface area contributed by atoms with E-state index in [1.165, 1.54) is 6.26 Å². The van der Waals surface area contributed by atoms with Gasteiger partial charge in [0.05, 0.1) is 25.9 Å². The average Bonchev–Trinajstić information content (AvgIpc) is 2.80. The summed E-state index contributed by atoms with van der Waals surface area (Å²) in [4.78, 5) is 10.9. The van der Waals surface area contributed by atoms with Crippen molar-refractivity contribution in [3.05, 3.63) is 11.0 Å². The van der Waals surface area contributed by atoms with E-state index in [4.69, 9.17) is 25.8 Å². The summed E-state index contributed by atoms with van der Waals surface area (Å²) in [7, 11) is -3.48. The molecule has 0 saturated carbocycles. The van der Waals surface area contributed by atoms with Gasteiger partial charge in [0.1, 0.15) is 10.4 Å². The smallest absolute Gasteiger partial charge is 0.224 e. The summed E-state index contributed by atoms with van der Waals surface area (Å²) >= 11 is 6.24. The van der Waals surface area contributed by atoms with Crippen molar-refractivity contribution in [1.82, 2.24) is 9.97 Å². The van der Waals surface area contributed by atoms with Crippen molar-refractivity contribution in [2.45, 2.75) is 30.1 Å². The molecule has 1 atom stereocenters. The van der Waals surface area contributed by atoms with Crippen LogP contribution < -0.4 is 9.64 Å². The maximum Gasteiger partial charge on any atom is 0.224 e. The summed E-state index contributed by atoms with van der Waals surface area (Å²) in [5.74, 6) is 1.01. The predicted molar refractivity (Wildman–Crippen MR) is 95.7 cm³/mol. The van der Waals surface area contributed by atoms with Crippen molar-refractivity contribution in [2.75, 3.05) is 50.7 Å². The van der Waals surface area contributed by atoms with Crippen LogP contribution in [0.25, 0.3) is 0 Å². The summed E-state index contributed by atoms with van der Waals surface area (Å²) < 4.78 is 41.5. The van der Waals surface area contributed by atoms with E-state index < -0.39 is 14.6 Å². The van der Waals surface area contributed by atoms with E-state index in [2.05, 4.69) is 14.9 Å². The maximum atomic E-state index is 12.8. The fourth-order valence-electron chi connectivity index (χ4n) is 4.00. The van der Waals surface area contributed by atoms with Crippen molar-refractivity contribution in [2.24, 2.45) is 0 Å². The van der Waals surface area contributed by atoms with E-state index in [1.807, 2.05) is 0 Å². The Morgan fingerprint density at radius 3 is 2.65 bits per heavy atom. The normalized spacial score (nSPS) is 25.6. The van der Waals surface area contributed by atoms with E-state index >= 15 is 0 Å². The fourth-order valence-corrected chi connectivity index (χ4v) is 5.57. The van der Waals surface area contributed by atoms with Crippen LogP contribution in [0.1, 0.15) is 25.0 Å². The molecule has 1 aromatic rings. The van der Waals surface area contributed by atoms with Crippen LogP contribution in [0.3, 0.4) is 0 Å². The number of aromatic nitrogens is 2. The lowest BCUT2D eigenvalue weighted by Crippen LogP contribution is -2.46. The van der Waals surface area contributed by atoms with E-state index in [0.717, 1.165) is 6.42 Å². The second-order valence-electron chi connectivity index (χ2n) is 6.93. The number of sulfone groups is 1. The number of hydrogen-bond donors (Lipinski definition) is 0. The van der Waals surface area contributed by atoms with Crippen LogP contribution in [0, 0.1) is 0 Å². The molecule has 26 heavy (non-hydrogen) atoms. The van der Waals surface area contributed by atoms with Crippen LogP contribution in [0.4, 0.5) is 5.82 Å². The molecule has 0 N–H and O–H groups in total. The molecule has 4 rings (SSSR count). The van der Waals surface area contributed by atoms with E-state index in [9.17, 15) is 8.42 Å². The lowest BCUT2D eigenvalue weighted by molar-refractivity contribution is 0.0722. The molecule has 1 aromatic heterocycles. The number of anilines is 1. The number of halogens is 1. The summed E-state index contributed by atoms with van der Waals surface area (Å²) in [5.41, 5.74) is 0.366. The lowest BCUT2D eigenvalue weighted by Gasteiger charge is -2.38. The topological polar surface area (TPSA) is 90.9 Å². The molecule has 0 aliphatic carbocycles. The Labute approximate surface area is 157 Å². The Morgan fingerprint density at radius 2 is 1.92 bits per heavy atom. The Kier molecular flexibility index (Phi) is 4.75. The molecule has 3 aliphatic rings. The van der Waals surface area contributed by atoms with Gasteiger partial charge in [-0.05, 0) is 24.4 Å². The quantitative estimate of drug-likeness (QED) is 0.679. The number of ether oxygens (including phenoxy) is 3. The van der Waals surface area contributed by atoms with E-state index in [0.29, 0.717) is 69.7 Å². The zero-order chi connectivity index (χ0) is 18.4. The number of nitrogens with zero attached hydrogens (tertiary/aromatic N) is 3. The largest absolute Gasteiger partial charge is 0.488 e. The van der Waals surface area contributed by atoms with Gasteiger partial charge in [-0.3, -0.25) is 0 Å². The Hall–Kier alpha value is -1.16. The zero-order valence-electron chi connectivity index (χ0n) is 14.6. The molecule has 0 radical (unpaired) electrons. The highest BCUT2D eigenvalue weighted by Gasteiger charge is 2.49. The second kappa shape index (κ2) is 6.78. The highest BCUT2D eigenvalue weighted by molar-refractivity contribution is 7.91. The average molecular weight is 404 g/mol. The molecule has 0 aromatic carbocycles.